The first kappa shape index (κ1) is 24.5. The van der Waals surface area contributed by atoms with Gasteiger partial charge >= 0.3 is 5.69 Å². The normalized spacial score (nSPS) is 11.5. The molecule has 9 heteroatoms. The number of amides is 1. The molecule has 1 amide bonds. The lowest BCUT2D eigenvalue weighted by atomic mass is 10.1. The van der Waals surface area contributed by atoms with Crippen molar-refractivity contribution >= 4 is 5.91 Å². The van der Waals surface area contributed by atoms with Gasteiger partial charge in [-0.15, -0.1) is 0 Å². The quantitative estimate of drug-likeness (QED) is 0.411. The molecule has 0 saturated carbocycles. The number of hydrogen-bond acceptors (Lipinski definition) is 6. The maximum Gasteiger partial charge on any atom is 0.352 e. The van der Waals surface area contributed by atoms with Gasteiger partial charge in [-0.1, -0.05) is 42.5 Å². The van der Waals surface area contributed by atoms with Gasteiger partial charge in [0.25, 0.3) is 11.5 Å². The van der Waals surface area contributed by atoms with Crippen molar-refractivity contribution in [3.8, 4) is 17.2 Å². The highest BCUT2D eigenvalue weighted by molar-refractivity contribution is 5.92. The molecule has 4 aromatic rings. The summed E-state index contributed by atoms with van der Waals surface area (Å²) in [5, 5.41) is 6.98. The molecule has 1 heterocycles. The summed E-state index contributed by atoms with van der Waals surface area (Å²) in [6, 6.07) is 22.6. The van der Waals surface area contributed by atoms with E-state index in [-0.39, 0.29) is 12.6 Å². The largest absolute Gasteiger partial charge is 0.497 e. The minimum Gasteiger partial charge on any atom is -0.497 e. The zero-order chi connectivity index (χ0) is 25.7. The number of nitrogens with zero attached hydrogens (tertiary/aromatic N) is 3. The van der Waals surface area contributed by atoms with Crippen molar-refractivity contribution in [3.05, 3.63) is 117 Å². The zero-order valence-corrected chi connectivity index (χ0v) is 20.2. The standard InChI is InChI=1S/C27H26N4O5/c1-18(20-9-5-4-6-10-20)28-25(32)24-26(33)30(17-19-8-7-11-23(16-19)36-3)27(34)31(29-24)21-12-14-22(35-2)15-13-21/h4-16,18H,17H2,1-3H3,(H,28,32)/t18-/m0/s1. The monoisotopic (exact) mass is 486 g/mol. The Kier molecular flexibility index (Phi) is 7.29. The second-order valence-corrected chi connectivity index (χ2v) is 8.09. The molecule has 0 unspecified atom stereocenters. The molecule has 0 aliphatic rings. The lowest BCUT2D eigenvalue weighted by molar-refractivity contribution is 0.0930. The van der Waals surface area contributed by atoms with Gasteiger partial charge in [0, 0.05) is 0 Å². The number of nitrogens with one attached hydrogen (secondary N) is 1. The van der Waals surface area contributed by atoms with Gasteiger partial charge in [-0.25, -0.2) is 4.79 Å². The van der Waals surface area contributed by atoms with Crippen molar-refractivity contribution in [2.75, 3.05) is 14.2 Å². The number of methoxy groups -OCH3 is 2. The van der Waals surface area contributed by atoms with Crippen LogP contribution in [0, 0.1) is 0 Å². The van der Waals surface area contributed by atoms with Gasteiger partial charge in [-0.05, 0) is 54.4 Å². The van der Waals surface area contributed by atoms with Crippen molar-refractivity contribution in [1.29, 1.82) is 0 Å². The molecule has 36 heavy (non-hydrogen) atoms. The van der Waals surface area contributed by atoms with E-state index in [4.69, 9.17) is 9.47 Å². The molecule has 184 valence electrons. The highest BCUT2D eigenvalue weighted by atomic mass is 16.5. The molecule has 0 saturated heterocycles. The summed E-state index contributed by atoms with van der Waals surface area (Å²) in [5.41, 5.74) is 0.0449. The molecule has 0 bridgehead atoms. The van der Waals surface area contributed by atoms with Crippen LogP contribution in [0.5, 0.6) is 11.5 Å². The Balaban J connectivity index is 1.80. The van der Waals surface area contributed by atoms with E-state index in [9.17, 15) is 14.4 Å². The van der Waals surface area contributed by atoms with E-state index >= 15 is 0 Å². The predicted octanol–water partition coefficient (Wildman–Crippen LogP) is 2.95. The van der Waals surface area contributed by atoms with E-state index in [1.165, 1.54) is 14.2 Å². The highest BCUT2D eigenvalue weighted by Gasteiger charge is 2.22. The summed E-state index contributed by atoms with van der Waals surface area (Å²) in [6.45, 7) is 1.74. The molecule has 0 aliphatic carbocycles. The third kappa shape index (κ3) is 5.20. The number of ether oxygens (including phenoxy) is 2. The van der Waals surface area contributed by atoms with Gasteiger partial charge < -0.3 is 14.8 Å². The van der Waals surface area contributed by atoms with Crippen molar-refractivity contribution in [2.45, 2.75) is 19.5 Å². The Morgan fingerprint density at radius 3 is 2.28 bits per heavy atom. The number of aromatic nitrogens is 3. The minimum absolute atomic E-state index is 0.0674. The number of hydrogen-bond donors (Lipinski definition) is 1. The van der Waals surface area contributed by atoms with E-state index < -0.39 is 22.9 Å². The first-order chi connectivity index (χ1) is 17.4. The van der Waals surface area contributed by atoms with Crippen LogP contribution in [0.2, 0.25) is 0 Å². The zero-order valence-electron chi connectivity index (χ0n) is 20.2. The highest BCUT2D eigenvalue weighted by Crippen LogP contribution is 2.15. The molecule has 3 aromatic carbocycles. The SMILES string of the molecule is COc1ccc(-n2nc(C(=O)N[C@@H](C)c3ccccc3)c(=O)n(Cc3cccc(OC)c3)c2=O)cc1. The maximum atomic E-state index is 13.4. The molecular formula is C27H26N4O5. The maximum absolute atomic E-state index is 13.4. The lowest BCUT2D eigenvalue weighted by Crippen LogP contribution is -2.46. The van der Waals surface area contributed by atoms with Crippen LogP contribution in [0.3, 0.4) is 0 Å². The molecule has 0 fully saturated rings. The van der Waals surface area contributed by atoms with E-state index in [1.54, 1.807) is 48.5 Å². The molecule has 1 N–H and O–H groups in total. The summed E-state index contributed by atoms with van der Waals surface area (Å²) in [6.07, 6.45) is 0. The summed E-state index contributed by atoms with van der Waals surface area (Å²) < 4.78 is 12.5. The van der Waals surface area contributed by atoms with Gasteiger partial charge in [-0.2, -0.15) is 9.78 Å². The molecule has 9 nitrogen and oxygen atoms in total. The van der Waals surface area contributed by atoms with Gasteiger partial charge in [0.05, 0.1) is 32.5 Å². The summed E-state index contributed by atoms with van der Waals surface area (Å²) in [4.78, 5) is 40.0. The third-order valence-electron chi connectivity index (χ3n) is 5.71. The van der Waals surface area contributed by atoms with Crippen molar-refractivity contribution < 1.29 is 14.3 Å². The summed E-state index contributed by atoms with van der Waals surface area (Å²) in [7, 11) is 3.06. The Morgan fingerprint density at radius 2 is 1.61 bits per heavy atom. The molecule has 1 atom stereocenters. The van der Waals surface area contributed by atoms with Gasteiger partial charge in [0.2, 0.25) is 5.69 Å². The molecule has 1 aromatic heterocycles. The first-order valence-electron chi connectivity index (χ1n) is 11.3. The number of carbonyl (C=O) groups excluding carboxylic acids is 1. The average molecular weight is 487 g/mol. The molecule has 0 radical (unpaired) electrons. The molecular weight excluding hydrogens is 460 g/mol. The Morgan fingerprint density at radius 1 is 0.917 bits per heavy atom. The number of rotatable bonds is 8. The van der Waals surface area contributed by atoms with Crippen LogP contribution in [0.15, 0.2) is 88.5 Å². The Bertz CT molecular complexity index is 1480. The molecule has 4 rings (SSSR count). The van der Waals surface area contributed by atoms with E-state index in [0.29, 0.717) is 22.7 Å². The van der Waals surface area contributed by atoms with E-state index in [2.05, 4.69) is 10.4 Å². The third-order valence-corrected chi connectivity index (χ3v) is 5.71. The van der Waals surface area contributed by atoms with Crippen LogP contribution in [-0.2, 0) is 6.54 Å². The second kappa shape index (κ2) is 10.7. The minimum atomic E-state index is -0.787. The van der Waals surface area contributed by atoms with Crippen LogP contribution >= 0.6 is 0 Å². The van der Waals surface area contributed by atoms with Crippen LogP contribution < -0.4 is 26.0 Å². The lowest BCUT2D eigenvalue weighted by Gasteiger charge is -2.16. The van der Waals surface area contributed by atoms with Crippen molar-refractivity contribution in [3.63, 3.8) is 0 Å². The molecule has 0 aliphatic heterocycles. The topological polar surface area (TPSA) is 104 Å². The van der Waals surface area contributed by atoms with Gasteiger partial charge in [0.1, 0.15) is 11.5 Å². The fourth-order valence-corrected chi connectivity index (χ4v) is 3.73. The van der Waals surface area contributed by atoms with Crippen LogP contribution in [0.1, 0.15) is 34.6 Å². The van der Waals surface area contributed by atoms with Crippen LogP contribution in [0.4, 0.5) is 0 Å². The van der Waals surface area contributed by atoms with Crippen LogP contribution in [-0.4, -0.2) is 34.5 Å². The van der Waals surface area contributed by atoms with Gasteiger partial charge in [0.15, 0.2) is 0 Å². The fourth-order valence-electron chi connectivity index (χ4n) is 3.73. The summed E-state index contributed by atoms with van der Waals surface area (Å²) >= 11 is 0. The van der Waals surface area contributed by atoms with Crippen molar-refractivity contribution in [1.82, 2.24) is 19.7 Å². The average Bonchev–Trinajstić information content (AvgIpc) is 2.91. The molecule has 0 spiro atoms. The van der Waals surface area contributed by atoms with Gasteiger partial charge in [-0.3, -0.25) is 14.2 Å². The number of benzene rings is 3. The summed E-state index contributed by atoms with van der Waals surface area (Å²) in [5.74, 6) is 0.490. The fraction of sp³-hybridized carbons (Fsp3) is 0.185. The van der Waals surface area contributed by atoms with E-state index in [0.717, 1.165) is 14.8 Å². The van der Waals surface area contributed by atoms with Crippen LogP contribution in [0.25, 0.3) is 5.69 Å². The van der Waals surface area contributed by atoms with Crippen molar-refractivity contribution in [2.24, 2.45) is 0 Å². The Labute approximate surface area is 207 Å². The second-order valence-electron chi connectivity index (χ2n) is 8.09. The van der Waals surface area contributed by atoms with E-state index in [1.807, 2.05) is 37.3 Å². The predicted molar refractivity (Wildman–Crippen MR) is 135 cm³/mol. The smallest absolute Gasteiger partial charge is 0.352 e. The number of carbonyl (C=O) groups is 1. The Hall–Kier alpha value is -4.66. The first-order valence-corrected chi connectivity index (χ1v) is 11.3.